The molecule has 1 saturated heterocycles. The van der Waals surface area contributed by atoms with E-state index in [1.54, 1.807) is 19.1 Å². The van der Waals surface area contributed by atoms with Crippen LogP contribution in [0.2, 0.25) is 0 Å². The fourth-order valence-electron chi connectivity index (χ4n) is 6.06. The monoisotopic (exact) mass is 514 g/mol. The van der Waals surface area contributed by atoms with Crippen LogP contribution in [0.1, 0.15) is 50.7 Å². The molecular weight excluding hydrogens is 480 g/mol. The highest BCUT2D eigenvalue weighted by Crippen LogP contribution is 2.36. The maximum atomic E-state index is 12.2. The number of likely N-dealkylation sites (tertiary alicyclic amines) is 1. The number of hydrogen-bond acceptors (Lipinski definition) is 5. The number of pyridine rings is 1. The largest absolute Gasteiger partial charge is 0.298 e. The molecule has 0 amide bonds. The molecule has 6 rings (SSSR count). The first-order valence-corrected chi connectivity index (χ1v) is 15.1. The van der Waals surface area contributed by atoms with Gasteiger partial charge in [0.15, 0.2) is 15.5 Å². The first-order valence-electron chi connectivity index (χ1n) is 13.4. The molecule has 2 aliphatic rings. The van der Waals surface area contributed by atoms with Gasteiger partial charge in [-0.2, -0.15) is 5.10 Å². The lowest BCUT2D eigenvalue weighted by molar-refractivity contribution is 0.118. The van der Waals surface area contributed by atoms with Crippen molar-refractivity contribution in [1.82, 2.24) is 20.1 Å². The Bertz CT molecular complexity index is 1550. The van der Waals surface area contributed by atoms with E-state index >= 15 is 0 Å². The van der Waals surface area contributed by atoms with Crippen LogP contribution in [-0.4, -0.2) is 52.9 Å². The fraction of sp³-hybridized carbons (Fsp3) is 0.400. The van der Waals surface area contributed by atoms with Crippen LogP contribution < -0.4 is 0 Å². The van der Waals surface area contributed by atoms with Crippen LogP contribution in [0, 0.1) is 0 Å². The molecule has 0 bridgehead atoms. The average molecular weight is 515 g/mol. The number of nitrogens with zero attached hydrogens (tertiary/aromatic N) is 3. The maximum Gasteiger partial charge on any atom is 0.181 e. The molecule has 6 nitrogen and oxygen atoms in total. The molecule has 1 fully saturated rings. The smallest absolute Gasteiger partial charge is 0.181 e. The fourth-order valence-corrected chi connectivity index (χ4v) is 6.95. The van der Waals surface area contributed by atoms with E-state index in [9.17, 15) is 8.42 Å². The van der Waals surface area contributed by atoms with Gasteiger partial charge in [-0.15, -0.1) is 0 Å². The SMILES string of the molecule is CCS(=O)(=O)c1ccc(-c2[nH]nc3ncc(-c4ccc5c(c4)CCC(C)(N4CCCC4)CC5)cc23)cc1. The summed E-state index contributed by atoms with van der Waals surface area (Å²) in [6.45, 7) is 6.61. The summed E-state index contributed by atoms with van der Waals surface area (Å²) in [6.07, 6.45) is 9.24. The van der Waals surface area contributed by atoms with Crippen LogP contribution in [-0.2, 0) is 22.7 Å². The van der Waals surface area contributed by atoms with Crippen molar-refractivity contribution in [1.29, 1.82) is 0 Å². The Labute approximate surface area is 219 Å². The van der Waals surface area contributed by atoms with Crippen LogP contribution >= 0.6 is 0 Å². The van der Waals surface area contributed by atoms with E-state index in [2.05, 4.69) is 51.3 Å². The Balaban J connectivity index is 1.30. The van der Waals surface area contributed by atoms with E-state index in [1.165, 1.54) is 55.5 Å². The summed E-state index contributed by atoms with van der Waals surface area (Å²) < 4.78 is 24.4. The number of sulfone groups is 1. The zero-order valence-corrected chi connectivity index (χ0v) is 22.4. The number of rotatable bonds is 5. The number of nitrogens with one attached hydrogen (secondary N) is 1. The minimum Gasteiger partial charge on any atom is -0.298 e. The average Bonchev–Trinajstić information content (AvgIpc) is 3.58. The summed E-state index contributed by atoms with van der Waals surface area (Å²) in [6, 6.07) is 16.0. The van der Waals surface area contributed by atoms with Crippen molar-refractivity contribution in [2.75, 3.05) is 18.8 Å². The topological polar surface area (TPSA) is 79.0 Å². The first-order chi connectivity index (χ1) is 17.9. The Morgan fingerprint density at radius 1 is 0.919 bits per heavy atom. The highest BCUT2D eigenvalue weighted by molar-refractivity contribution is 7.91. The molecule has 3 heterocycles. The standard InChI is InChI=1S/C30H34N4O2S/c1-3-37(35,36)26-10-8-22(9-11-26)28-27-19-25(20-31-29(27)33-32-28)23-7-6-21-12-14-30(2,15-13-24(21)18-23)34-16-4-5-17-34/h6-11,18-20H,3-5,12-17H2,1-2H3,(H,31,32,33). The molecule has 0 spiro atoms. The van der Waals surface area contributed by atoms with E-state index in [0.29, 0.717) is 16.1 Å². The van der Waals surface area contributed by atoms with Gasteiger partial charge in [0.25, 0.3) is 0 Å². The van der Waals surface area contributed by atoms with Crippen LogP contribution in [0.5, 0.6) is 0 Å². The van der Waals surface area contributed by atoms with Crippen LogP contribution in [0.3, 0.4) is 0 Å². The highest BCUT2D eigenvalue weighted by atomic mass is 32.2. The van der Waals surface area contributed by atoms with E-state index in [4.69, 9.17) is 0 Å². The summed E-state index contributed by atoms with van der Waals surface area (Å²) in [5, 5.41) is 8.43. The van der Waals surface area contributed by atoms with Crippen LogP contribution in [0.25, 0.3) is 33.4 Å². The summed E-state index contributed by atoms with van der Waals surface area (Å²) in [5.41, 5.74) is 7.87. The van der Waals surface area contributed by atoms with Crippen molar-refractivity contribution < 1.29 is 8.42 Å². The number of benzene rings is 2. The number of fused-ring (bicyclic) bond motifs is 2. The van der Waals surface area contributed by atoms with Crippen molar-refractivity contribution in [3.63, 3.8) is 0 Å². The molecule has 1 aliphatic heterocycles. The van der Waals surface area contributed by atoms with Gasteiger partial charge < -0.3 is 0 Å². The molecule has 2 aromatic heterocycles. The number of aromatic nitrogens is 3. The molecule has 192 valence electrons. The van der Waals surface area contributed by atoms with Crippen molar-refractivity contribution >= 4 is 20.9 Å². The second-order valence-electron chi connectivity index (χ2n) is 10.8. The third kappa shape index (κ3) is 4.48. The van der Waals surface area contributed by atoms with E-state index in [0.717, 1.165) is 35.0 Å². The lowest BCUT2D eigenvalue weighted by atomic mass is 9.90. The second-order valence-corrected chi connectivity index (χ2v) is 13.1. The normalized spacial score (nSPS) is 20.7. The Morgan fingerprint density at radius 3 is 2.35 bits per heavy atom. The maximum absolute atomic E-state index is 12.2. The van der Waals surface area contributed by atoms with Crippen molar-refractivity contribution in [2.45, 2.75) is 62.8 Å². The van der Waals surface area contributed by atoms with Gasteiger partial charge in [-0.1, -0.05) is 37.3 Å². The molecule has 1 aliphatic carbocycles. The second kappa shape index (κ2) is 9.37. The third-order valence-corrected chi connectivity index (χ3v) is 10.3. The van der Waals surface area contributed by atoms with Gasteiger partial charge >= 0.3 is 0 Å². The lowest BCUT2D eigenvalue weighted by Gasteiger charge is -2.38. The molecule has 1 unspecified atom stereocenters. The summed E-state index contributed by atoms with van der Waals surface area (Å²) in [5.74, 6) is 0.0882. The van der Waals surface area contributed by atoms with Crippen molar-refractivity contribution in [3.8, 4) is 22.4 Å². The zero-order chi connectivity index (χ0) is 25.6. The Morgan fingerprint density at radius 2 is 1.62 bits per heavy atom. The van der Waals surface area contributed by atoms with Crippen molar-refractivity contribution in [2.24, 2.45) is 0 Å². The molecule has 1 atom stereocenters. The predicted molar refractivity (Wildman–Crippen MR) is 148 cm³/mol. The Hall–Kier alpha value is -3.03. The number of hydrogen-bond donors (Lipinski definition) is 1. The molecule has 7 heteroatoms. The van der Waals surface area contributed by atoms with E-state index in [-0.39, 0.29) is 5.75 Å². The van der Waals surface area contributed by atoms with Crippen LogP contribution in [0.4, 0.5) is 0 Å². The quantitative estimate of drug-likeness (QED) is 0.340. The summed E-state index contributed by atoms with van der Waals surface area (Å²) in [4.78, 5) is 7.70. The minimum atomic E-state index is -3.23. The van der Waals surface area contributed by atoms with E-state index in [1.807, 2.05) is 18.3 Å². The highest BCUT2D eigenvalue weighted by Gasteiger charge is 2.34. The van der Waals surface area contributed by atoms with Gasteiger partial charge in [-0.3, -0.25) is 10.00 Å². The van der Waals surface area contributed by atoms with Crippen LogP contribution in [0.15, 0.2) is 59.6 Å². The van der Waals surface area contributed by atoms with Gasteiger partial charge in [-0.05, 0) is 93.4 Å². The van der Waals surface area contributed by atoms with Gasteiger partial charge in [-0.25, -0.2) is 13.4 Å². The molecule has 1 N–H and O–H groups in total. The molecule has 0 saturated carbocycles. The lowest BCUT2D eigenvalue weighted by Crippen LogP contribution is -2.44. The van der Waals surface area contributed by atoms with E-state index < -0.39 is 9.84 Å². The minimum absolute atomic E-state index is 0.0882. The Kier molecular flexibility index (Phi) is 6.16. The first kappa shape index (κ1) is 24.3. The number of aryl methyl sites for hydroxylation is 2. The molecule has 2 aromatic carbocycles. The molecule has 37 heavy (non-hydrogen) atoms. The number of aromatic amines is 1. The molecule has 0 radical (unpaired) electrons. The number of H-pyrrole nitrogens is 1. The molecular formula is C30H34N4O2S. The van der Waals surface area contributed by atoms with Gasteiger partial charge in [0, 0.05) is 28.2 Å². The van der Waals surface area contributed by atoms with Gasteiger partial charge in [0.2, 0.25) is 0 Å². The zero-order valence-electron chi connectivity index (χ0n) is 21.6. The van der Waals surface area contributed by atoms with Gasteiger partial charge in [0.05, 0.1) is 16.3 Å². The summed E-state index contributed by atoms with van der Waals surface area (Å²) in [7, 11) is -3.23. The molecule has 4 aromatic rings. The van der Waals surface area contributed by atoms with Crippen molar-refractivity contribution in [3.05, 3.63) is 65.9 Å². The predicted octanol–water partition coefficient (Wildman–Crippen LogP) is 5.82. The van der Waals surface area contributed by atoms with Gasteiger partial charge in [0.1, 0.15) is 0 Å². The third-order valence-electron chi connectivity index (χ3n) is 8.57. The summed E-state index contributed by atoms with van der Waals surface area (Å²) >= 11 is 0.